The summed E-state index contributed by atoms with van der Waals surface area (Å²) in [7, 11) is 0. The van der Waals surface area contributed by atoms with E-state index in [-0.39, 0.29) is 24.8 Å². The van der Waals surface area contributed by atoms with Gasteiger partial charge in [-0.15, -0.1) is 0 Å². The van der Waals surface area contributed by atoms with Crippen molar-refractivity contribution in [2.24, 2.45) is 0 Å². The van der Waals surface area contributed by atoms with Gasteiger partial charge in [0.2, 0.25) is 0 Å². The van der Waals surface area contributed by atoms with Gasteiger partial charge in [0, 0.05) is 25.7 Å². The molecular formula is C35H42O6. The highest BCUT2D eigenvalue weighted by Gasteiger charge is 2.19. The second-order valence-corrected chi connectivity index (χ2v) is 9.76. The molecule has 0 heterocycles. The first-order chi connectivity index (χ1) is 19.9. The van der Waals surface area contributed by atoms with Gasteiger partial charge in [0.05, 0.1) is 0 Å². The van der Waals surface area contributed by atoms with E-state index >= 15 is 0 Å². The molecule has 0 aromatic heterocycles. The summed E-state index contributed by atoms with van der Waals surface area (Å²) in [6, 6.07) is 29.2. The van der Waals surface area contributed by atoms with E-state index in [2.05, 4.69) is 54.6 Å². The monoisotopic (exact) mass is 558 g/mol. The molecule has 218 valence electrons. The Morgan fingerprint density at radius 2 is 0.805 bits per heavy atom. The molecule has 4 aromatic rings. The maximum absolute atomic E-state index is 5.92. The zero-order valence-electron chi connectivity index (χ0n) is 25.0. The zero-order chi connectivity index (χ0) is 29.2. The van der Waals surface area contributed by atoms with Crippen molar-refractivity contribution in [1.82, 2.24) is 0 Å². The van der Waals surface area contributed by atoms with Crippen LogP contribution < -0.4 is 14.2 Å². The third-order valence-corrected chi connectivity index (χ3v) is 6.71. The largest absolute Gasteiger partial charge is 0.465 e. The molecule has 0 aliphatic rings. The molecule has 0 N–H and O–H groups in total. The summed E-state index contributed by atoms with van der Waals surface area (Å²) < 4.78 is 34.4. The van der Waals surface area contributed by atoms with Crippen LogP contribution in [-0.2, 0) is 14.2 Å². The quantitative estimate of drug-likeness (QED) is 0.108. The van der Waals surface area contributed by atoms with Gasteiger partial charge in [0.15, 0.2) is 18.9 Å². The second-order valence-electron chi connectivity index (χ2n) is 9.76. The zero-order valence-corrected chi connectivity index (χ0v) is 25.0. The summed E-state index contributed by atoms with van der Waals surface area (Å²) in [5, 5.41) is 2.25. The average molecular weight is 559 g/mol. The van der Waals surface area contributed by atoms with Crippen molar-refractivity contribution >= 4 is 10.8 Å². The highest BCUT2D eigenvalue weighted by Crippen LogP contribution is 2.36. The number of rotatable bonds is 15. The van der Waals surface area contributed by atoms with Crippen LogP contribution in [0, 0.1) is 0 Å². The van der Waals surface area contributed by atoms with Gasteiger partial charge < -0.3 is 28.4 Å². The molecule has 0 amide bonds. The molecule has 0 spiro atoms. The molecule has 0 bridgehead atoms. The van der Waals surface area contributed by atoms with Crippen molar-refractivity contribution in [2.75, 3.05) is 19.8 Å². The van der Waals surface area contributed by atoms with E-state index in [0.29, 0.717) is 19.8 Å². The summed E-state index contributed by atoms with van der Waals surface area (Å²) in [6.07, 6.45) is -0.911. The third kappa shape index (κ3) is 8.46. The van der Waals surface area contributed by atoms with E-state index in [1.807, 2.05) is 71.9 Å². The number of hydrogen-bond acceptors (Lipinski definition) is 6. The van der Waals surface area contributed by atoms with Gasteiger partial charge in [-0.1, -0.05) is 48.5 Å². The Morgan fingerprint density at radius 1 is 0.439 bits per heavy atom. The molecule has 0 aliphatic carbocycles. The van der Waals surface area contributed by atoms with Gasteiger partial charge in [0.25, 0.3) is 0 Å². The summed E-state index contributed by atoms with van der Waals surface area (Å²) in [5.74, 6) is 2.34. The number of fused-ring (bicyclic) bond motifs is 1. The Balaban J connectivity index is 1.66. The van der Waals surface area contributed by atoms with Crippen molar-refractivity contribution in [3.05, 3.63) is 102 Å². The Labute approximate surface area is 244 Å². The van der Waals surface area contributed by atoms with Gasteiger partial charge in [-0.25, -0.2) is 0 Å². The van der Waals surface area contributed by atoms with Crippen LogP contribution >= 0.6 is 0 Å². The van der Waals surface area contributed by atoms with E-state index < -0.39 is 0 Å². The Kier molecular flexibility index (Phi) is 11.0. The molecule has 3 atom stereocenters. The van der Waals surface area contributed by atoms with Crippen LogP contribution in [0.2, 0.25) is 0 Å². The predicted molar refractivity (Wildman–Crippen MR) is 163 cm³/mol. The van der Waals surface area contributed by atoms with Gasteiger partial charge in [-0.3, -0.25) is 0 Å². The van der Waals surface area contributed by atoms with Gasteiger partial charge in [0.1, 0.15) is 17.2 Å². The fourth-order valence-electron chi connectivity index (χ4n) is 4.93. The van der Waals surface area contributed by atoms with Crippen LogP contribution in [0.4, 0.5) is 0 Å². The Hall–Kier alpha value is -3.58. The maximum Gasteiger partial charge on any atom is 0.196 e. The molecule has 41 heavy (non-hydrogen) atoms. The van der Waals surface area contributed by atoms with Crippen molar-refractivity contribution in [3.8, 4) is 17.2 Å². The number of hydrogen-bond donors (Lipinski definition) is 0. The first-order valence-corrected chi connectivity index (χ1v) is 14.5. The molecule has 0 aliphatic heterocycles. The standard InChI is InChI=1S/C35H42O6/c1-7-36-24(4)39-32-17-12-27(13-18-32)35(28-14-19-33(20-15-28)40-25(5)37-8-2)31-11-10-30-23-34(21-16-29(30)22-31)41-26(6)38-9-3/h10-26,35H,7-9H2,1-6H3. The molecule has 4 rings (SSSR count). The third-order valence-electron chi connectivity index (χ3n) is 6.71. The number of benzene rings is 4. The van der Waals surface area contributed by atoms with Crippen LogP contribution in [0.25, 0.3) is 10.8 Å². The average Bonchev–Trinajstić information content (AvgIpc) is 2.95. The molecule has 6 nitrogen and oxygen atoms in total. The molecule has 0 saturated heterocycles. The Morgan fingerprint density at radius 3 is 1.27 bits per heavy atom. The fourth-order valence-corrected chi connectivity index (χ4v) is 4.93. The van der Waals surface area contributed by atoms with Gasteiger partial charge in [-0.05, 0) is 105 Å². The van der Waals surface area contributed by atoms with Crippen LogP contribution in [-0.4, -0.2) is 38.7 Å². The first-order valence-electron chi connectivity index (χ1n) is 14.5. The minimum atomic E-state index is -0.306. The minimum absolute atomic E-state index is 0.00466. The molecule has 6 heteroatoms. The van der Waals surface area contributed by atoms with E-state index in [9.17, 15) is 0 Å². The topological polar surface area (TPSA) is 55.4 Å². The normalized spacial score (nSPS) is 14.3. The molecule has 0 radical (unpaired) electrons. The second kappa shape index (κ2) is 14.9. The highest BCUT2D eigenvalue weighted by atomic mass is 16.7. The lowest BCUT2D eigenvalue weighted by Gasteiger charge is -2.21. The van der Waals surface area contributed by atoms with Gasteiger partial charge >= 0.3 is 0 Å². The highest BCUT2D eigenvalue weighted by molar-refractivity contribution is 5.85. The van der Waals surface area contributed by atoms with Crippen molar-refractivity contribution in [1.29, 1.82) is 0 Å². The summed E-state index contributed by atoms with van der Waals surface area (Å²) in [4.78, 5) is 0. The van der Waals surface area contributed by atoms with E-state index in [1.165, 1.54) is 5.56 Å². The van der Waals surface area contributed by atoms with Crippen molar-refractivity contribution in [2.45, 2.75) is 66.3 Å². The molecule has 3 unspecified atom stereocenters. The summed E-state index contributed by atoms with van der Waals surface area (Å²) in [5.41, 5.74) is 3.49. The lowest BCUT2D eigenvalue weighted by atomic mass is 9.84. The Bertz CT molecular complexity index is 1290. The van der Waals surface area contributed by atoms with Crippen LogP contribution in [0.15, 0.2) is 84.9 Å². The molecular weight excluding hydrogens is 516 g/mol. The molecule has 0 saturated carbocycles. The minimum Gasteiger partial charge on any atom is -0.465 e. The molecule has 4 aromatic carbocycles. The lowest BCUT2D eigenvalue weighted by Crippen LogP contribution is -2.16. The van der Waals surface area contributed by atoms with Crippen LogP contribution in [0.1, 0.15) is 64.2 Å². The van der Waals surface area contributed by atoms with Crippen molar-refractivity contribution < 1.29 is 28.4 Å². The van der Waals surface area contributed by atoms with Crippen LogP contribution in [0.5, 0.6) is 17.2 Å². The number of ether oxygens (including phenoxy) is 6. The fraction of sp³-hybridized carbons (Fsp3) is 0.371. The SMILES string of the molecule is CCOC(C)Oc1ccc(C(c2ccc(OC(C)OCC)cc2)c2ccc3cc(OC(C)OCC)ccc3c2)cc1. The van der Waals surface area contributed by atoms with E-state index in [1.54, 1.807) is 0 Å². The van der Waals surface area contributed by atoms with Gasteiger partial charge in [-0.2, -0.15) is 0 Å². The van der Waals surface area contributed by atoms with E-state index in [4.69, 9.17) is 28.4 Å². The smallest absolute Gasteiger partial charge is 0.196 e. The van der Waals surface area contributed by atoms with Crippen LogP contribution in [0.3, 0.4) is 0 Å². The van der Waals surface area contributed by atoms with Crippen molar-refractivity contribution in [3.63, 3.8) is 0 Å². The first kappa shape index (κ1) is 30.4. The van der Waals surface area contributed by atoms with E-state index in [0.717, 1.165) is 39.1 Å². The molecule has 0 fully saturated rings. The summed E-state index contributed by atoms with van der Waals surface area (Å²) in [6.45, 7) is 13.4. The summed E-state index contributed by atoms with van der Waals surface area (Å²) >= 11 is 0. The predicted octanol–water partition coefficient (Wildman–Crippen LogP) is 8.30. The maximum atomic E-state index is 5.92. The lowest BCUT2D eigenvalue weighted by molar-refractivity contribution is -0.0616.